The van der Waals surface area contributed by atoms with Crippen LogP contribution < -0.4 is 5.32 Å². The summed E-state index contributed by atoms with van der Waals surface area (Å²) in [6.07, 6.45) is 11.3. The molecular weight excluding hydrogens is 951 g/mol. The smallest absolute Gasteiger partial charge is 0.220 e. The Morgan fingerprint density at radius 1 is 0.493 bits per heavy atom. The van der Waals surface area contributed by atoms with Crippen molar-refractivity contribution in [2.24, 2.45) is 0 Å². The zero-order valence-electron chi connectivity index (χ0n) is 43.9. The highest BCUT2D eigenvalue weighted by molar-refractivity contribution is 5.76. The van der Waals surface area contributed by atoms with E-state index in [0.717, 1.165) is 70.6 Å². The van der Waals surface area contributed by atoms with Gasteiger partial charge in [0.25, 0.3) is 0 Å². The standard InChI is InChI=1S/C54H97NO18/c1-3-5-7-9-11-13-15-17-18-19-20-22-24-26-28-30-32-42(60)55-37(38(59)31-29-27-25-23-21-16-14-12-10-8-6-4-2)36-68-52-48(66)45(63)50(40(34-57)70-52)73-54-49(67)46(64)51(41(35-58)71-54)72-53-47(65)44(62)43(61)39(33-56)69-53/h13,15,18-19,29,31,37-41,43-54,56-59,61-67H,3-12,14,16-17,20-28,30,32-36H2,1-2H3,(H,55,60)/b15-13-,19-18-,31-29+. The van der Waals surface area contributed by atoms with E-state index in [1.54, 1.807) is 6.08 Å². The quantitative estimate of drug-likeness (QED) is 0.0310. The number of hydrogen-bond donors (Lipinski definition) is 12. The Hall–Kier alpha value is -1.99. The molecule has 73 heavy (non-hydrogen) atoms. The number of amides is 1. The van der Waals surface area contributed by atoms with Crippen LogP contribution in [0.2, 0.25) is 0 Å². The Balaban J connectivity index is 1.54. The molecule has 0 aromatic rings. The zero-order valence-corrected chi connectivity index (χ0v) is 43.9. The SMILES string of the molecule is CCCCCC/C=C\C/C=C\CCCCCCCC(=O)NC(COC1OC(CO)C(OC2OC(CO)C(OC3OC(CO)C(O)C(O)C3O)C(O)C2O)C(O)C1O)C(O)/C=C/CCCCCCCCCCCC. The van der Waals surface area contributed by atoms with Gasteiger partial charge in [-0.15, -0.1) is 0 Å². The van der Waals surface area contributed by atoms with Crippen LogP contribution in [0.3, 0.4) is 0 Å². The zero-order chi connectivity index (χ0) is 53.4. The first-order chi connectivity index (χ1) is 35.3. The molecule has 3 aliphatic heterocycles. The van der Waals surface area contributed by atoms with Crippen molar-refractivity contribution in [3.8, 4) is 0 Å². The summed E-state index contributed by atoms with van der Waals surface area (Å²) in [5.74, 6) is -0.292. The molecule has 3 fully saturated rings. The minimum Gasteiger partial charge on any atom is -0.394 e. The molecule has 0 aromatic heterocycles. The molecule has 19 nitrogen and oxygen atoms in total. The first-order valence-electron chi connectivity index (χ1n) is 27.7. The van der Waals surface area contributed by atoms with Crippen molar-refractivity contribution >= 4 is 5.91 Å². The second kappa shape index (κ2) is 38.5. The molecular formula is C54H97NO18. The average molecular weight is 1050 g/mol. The predicted molar refractivity (Wildman–Crippen MR) is 272 cm³/mol. The highest BCUT2D eigenvalue weighted by Gasteiger charge is 2.53. The van der Waals surface area contributed by atoms with E-state index in [9.17, 15) is 61.0 Å². The molecule has 19 heteroatoms. The Morgan fingerprint density at radius 2 is 0.904 bits per heavy atom. The van der Waals surface area contributed by atoms with Gasteiger partial charge in [0.05, 0.1) is 38.6 Å². The van der Waals surface area contributed by atoms with Crippen LogP contribution >= 0.6 is 0 Å². The molecule has 3 rings (SSSR count). The lowest BCUT2D eigenvalue weighted by Crippen LogP contribution is -2.66. The molecule has 3 aliphatic rings. The Morgan fingerprint density at radius 3 is 1.41 bits per heavy atom. The number of aliphatic hydroxyl groups is 11. The summed E-state index contributed by atoms with van der Waals surface area (Å²) in [5.41, 5.74) is 0. The van der Waals surface area contributed by atoms with E-state index in [0.29, 0.717) is 6.42 Å². The lowest BCUT2D eigenvalue weighted by atomic mass is 9.96. The van der Waals surface area contributed by atoms with Gasteiger partial charge in [-0.2, -0.15) is 0 Å². The Labute approximate surface area is 434 Å². The van der Waals surface area contributed by atoms with Gasteiger partial charge in [0.1, 0.15) is 73.2 Å². The maximum atomic E-state index is 13.3. The molecule has 426 valence electrons. The number of unbranched alkanes of at least 4 members (excludes halogenated alkanes) is 19. The Kier molecular flexibility index (Phi) is 34.5. The van der Waals surface area contributed by atoms with Crippen molar-refractivity contribution in [1.29, 1.82) is 0 Å². The molecule has 0 spiro atoms. The van der Waals surface area contributed by atoms with E-state index in [4.69, 9.17) is 28.4 Å². The van der Waals surface area contributed by atoms with E-state index >= 15 is 0 Å². The number of aliphatic hydroxyl groups excluding tert-OH is 11. The van der Waals surface area contributed by atoms with E-state index in [2.05, 4.69) is 43.5 Å². The first-order valence-corrected chi connectivity index (χ1v) is 27.7. The molecule has 12 N–H and O–H groups in total. The number of carbonyl (C=O) groups is 1. The summed E-state index contributed by atoms with van der Waals surface area (Å²) < 4.78 is 34.1. The van der Waals surface area contributed by atoms with Gasteiger partial charge in [-0.25, -0.2) is 0 Å². The second-order valence-corrected chi connectivity index (χ2v) is 20.0. The van der Waals surface area contributed by atoms with E-state index < -0.39 is 124 Å². The molecule has 1 amide bonds. The third-order valence-electron chi connectivity index (χ3n) is 13.9. The fraction of sp³-hybridized carbons (Fsp3) is 0.870. The molecule has 0 bridgehead atoms. The van der Waals surface area contributed by atoms with Crippen molar-refractivity contribution in [3.63, 3.8) is 0 Å². The van der Waals surface area contributed by atoms with Gasteiger partial charge in [-0.1, -0.05) is 147 Å². The molecule has 0 radical (unpaired) electrons. The van der Waals surface area contributed by atoms with Crippen molar-refractivity contribution in [1.82, 2.24) is 5.32 Å². The van der Waals surface area contributed by atoms with Gasteiger partial charge in [0, 0.05) is 6.42 Å². The summed E-state index contributed by atoms with van der Waals surface area (Å²) in [6.45, 7) is 1.65. The van der Waals surface area contributed by atoms with Crippen molar-refractivity contribution in [2.75, 3.05) is 26.4 Å². The third kappa shape index (κ3) is 23.7. The second-order valence-electron chi connectivity index (χ2n) is 20.0. The summed E-state index contributed by atoms with van der Waals surface area (Å²) in [5, 5.41) is 120. The largest absolute Gasteiger partial charge is 0.394 e. The van der Waals surface area contributed by atoms with Gasteiger partial charge in [0.15, 0.2) is 18.9 Å². The van der Waals surface area contributed by atoms with Gasteiger partial charge in [-0.05, 0) is 51.4 Å². The van der Waals surface area contributed by atoms with Gasteiger partial charge in [-0.3, -0.25) is 4.79 Å². The fourth-order valence-electron chi connectivity index (χ4n) is 9.28. The normalized spacial score (nSPS) is 32.0. The minimum atomic E-state index is -1.98. The number of nitrogens with one attached hydrogen (secondary N) is 1. The monoisotopic (exact) mass is 1050 g/mol. The minimum absolute atomic E-state index is 0.227. The van der Waals surface area contributed by atoms with Crippen LogP contribution in [0.15, 0.2) is 36.5 Å². The topological polar surface area (TPSA) is 307 Å². The van der Waals surface area contributed by atoms with Gasteiger partial charge in [0.2, 0.25) is 5.91 Å². The van der Waals surface area contributed by atoms with Crippen LogP contribution in [-0.4, -0.2) is 193 Å². The molecule has 0 aromatic carbocycles. The van der Waals surface area contributed by atoms with E-state index in [1.165, 1.54) is 70.6 Å². The summed E-state index contributed by atoms with van der Waals surface area (Å²) in [6, 6.07) is -0.977. The maximum Gasteiger partial charge on any atom is 0.220 e. The highest BCUT2D eigenvalue weighted by atomic mass is 16.8. The van der Waals surface area contributed by atoms with Crippen molar-refractivity contribution < 1.29 is 89.4 Å². The summed E-state index contributed by atoms with van der Waals surface area (Å²) >= 11 is 0. The number of rotatable bonds is 39. The molecule has 0 saturated carbocycles. The number of hydrogen-bond acceptors (Lipinski definition) is 18. The molecule has 0 aliphatic carbocycles. The lowest BCUT2D eigenvalue weighted by Gasteiger charge is -2.48. The lowest BCUT2D eigenvalue weighted by molar-refractivity contribution is -0.379. The Bertz CT molecular complexity index is 1490. The predicted octanol–water partition coefficient (Wildman–Crippen LogP) is 3.37. The van der Waals surface area contributed by atoms with Crippen LogP contribution in [0.25, 0.3) is 0 Å². The van der Waals surface area contributed by atoms with Crippen molar-refractivity contribution in [2.45, 2.75) is 272 Å². The van der Waals surface area contributed by atoms with Crippen LogP contribution in [-0.2, 0) is 33.2 Å². The van der Waals surface area contributed by atoms with Gasteiger partial charge >= 0.3 is 0 Å². The molecule has 17 unspecified atom stereocenters. The average Bonchev–Trinajstić information content (AvgIpc) is 3.39. The van der Waals surface area contributed by atoms with Crippen molar-refractivity contribution in [3.05, 3.63) is 36.5 Å². The molecule has 17 atom stereocenters. The molecule has 3 saturated heterocycles. The van der Waals surface area contributed by atoms with Crippen LogP contribution in [0.4, 0.5) is 0 Å². The number of allylic oxidation sites excluding steroid dienone is 5. The maximum absolute atomic E-state index is 13.3. The fourth-order valence-corrected chi connectivity index (χ4v) is 9.28. The van der Waals surface area contributed by atoms with Crippen LogP contribution in [0.1, 0.15) is 168 Å². The van der Waals surface area contributed by atoms with Crippen LogP contribution in [0, 0.1) is 0 Å². The van der Waals surface area contributed by atoms with Gasteiger partial charge < -0.3 is 89.9 Å². The number of carbonyl (C=O) groups excluding carboxylic acids is 1. The van der Waals surface area contributed by atoms with E-state index in [-0.39, 0.29) is 18.9 Å². The van der Waals surface area contributed by atoms with Crippen LogP contribution in [0.5, 0.6) is 0 Å². The highest BCUT2D eigenvalue weighted by Crippen LogP contribution is 2.33. The third-order valence-corrected chi connectivity index (χ3v) is 13.9. The summed E-state index contributed by atoms with van der Waals surface area (Å²) in [7, 11) is 0. The van der Waals surface area contributed by atoms with E-state index in [1.807, 2.05) is 6.08 Å². The first kappa shape index (κ1) is 65.3. The summed E-state index contributed by atoms with van der Waals surface area (Å²) in [4.78, 5) is 13.3. The number of ether oxygens (including phenoxy) is 6. The molecule has 3 heterocycles.